The highest BCUT2D eigenvalue weighted by Crippen LogP contribution is 2.21. The predicted molar refractivity (Wildman–Crippen MR) is 107 cm³/mol. The summed E-state index contributed by atoms with van der Waals surface area (Å²) < 4.78 is 29.0. The molecule has 2 N–H and O–H groups in total. The number of anilines is 3. The average Bonchev–Trinajstić information content (AvgIpc) is 2.67. The number of carbonyl (C=O) groups excluding carboxylic acids is 1. The van der Waals surface area contributed by atoms with Crippen LogP contribution in [0.4, 0.5) is 30.9 Å². The van der Waals surface area contributed by atoms with Gasteiger partial charge in [-0.05, 0) is 26.0 Å². The van der Waals surface area contributed by atoms with Crippen molar-refractivity contribution < 1.29 is 18.3 Å². The lowest BCUT2D eigenvalue weighted by atomic mass is 10.3. The van der Waals surface area contributed by atoms with E-state index < -0.39 is 6.61 Å². The molecule has 10 heteroatoms. The Morgan fingerprint density at radius 3 is 2.66 bits per heavy atom. The number of nitrogens with zero attached hydrogens (tertiary/aromatic N) is 4. The molecule has 1 aromatic carbocycles. The van der Waals surface area contributed by atoms with E-state index in [4.69, 9.17) is 0 Å². The number of urea groups is 1. The Morgan fingerprint density at radius 2 is 1.97 bits per heavy atom. The Hall–Kier alpha value is -3.17. The minimum Gasteiger partial charge on any atom is -0.435 e. The average molecular weight is 406 g/mol. The standard InChI is InChI=1S/C19H24F2N6O2/c1-3-22-16-12-17(24-13(2)23-16)26-7-9-27(10-8-26)19(28)25-14-5-4-6-15(11-14)29-18(20)21/h4-6,11-12,18H,3,7-10H2,1-2H3,(H,25,28)(H,22,23,24). The summed E-state index contributed by atoms with van der Waals surface area (Å²) in [7, 11) is 0. The Morgan fingerprint density at radius 1 is 1.21 bits per heavy atom. The minimum absolute atomic E-state index is 0.00163. The third kappa shape index (κ3) is 5.66. The molecule has 3 rings (SSSR count). The topological polar surface area (TPSA) is 82.6 Å². The van der Waals surface area contributed by atoms with Gasteiger partial charge in [-0.15, -0.1) is 0 Å². The molecule has 8 nitrogen and oxygen atoms in total. The monoisotopic (exact) mass is 406 g/mol. The van der Waals surface area contributed by atoms with Gasteiger partial charge in [-0.1, -0.05) is 6.07 Å². The van der Waals surface area contributed by atoms with Crippen molar-refractivity contribution in [2.24, 2.45) is 0 Å². The van der Waals surface area contributed by atoms with Gasteiger partial charge >= 0.3 is 12.6 Å². The highest BCUT2D eigenvalue weighted by molar-refractivity contribution is 5.89. The molecule has 0 radical (unpaired) electrons. The molecule has 29 heavy (non-hydrogen) atoms. The van der Waals surface area contributed by atoms with E-state index in [0.29, 0.717) is 37.7 Å². The number of benzene rings is 1. The van der Waals surface area contributed by atoms with Gasteiger partial charge in [-0.25, -0.2) is 14.8 Å². The molecule has 1 aliphatic heterocycles. The van der Waals surface area contributed by atoms with Crippen LogP contribution in [0.25, 0.3) is 0 Å². The molecule has 156 valence electrons. The molecule has 1 aliphatic rings. The molecule has 1 aromatic heterocycles. The third-order valence-corrected chi connectivity index (χ3v) is 4.38. The Balaban J connectivity index is 1.57. The highest BCUT2D eigenvalue weighted by atomic mass is 19.3. The second-order valence-corrected chi connectivity index (χ2v) is 6.50. The fraction of sp³-hybridized carbons (Fsp3) is 0.421. The third-order valence-electron chi connectivity index (χ3n) is 4.38. The second kappa shape index (κ2) is 9.35. The number of aromatic nitrogens is 2. The molecular formula is C19H24F2N6O2. The van der Waals surface area contributed by atoms with Crippen molar-refractivity contribution in [1.82, 2.24) is 14.9 Å². The summed E-state index contributed by atoms with van der Waals surface area (Å²) in [5.41, 5.74) is 0.400. The maximum Gasteiger partial charge on any atom is 0.387 e. The number of rotatable bonds is 6. The first kappa shape index (κ1) is 20.6. The van der Waals surface area contributed by atoms with Crippen LogP contribution in [0.3, 0.4) is 0 Å². The number of hydrogen-bond donors (Lipinski definition) is 2. The first-order chi connectivity index (χ1) is 13.9. The van der Waals surface area contributed by atoms with Crippen LogP contribution in [0.15, 0.2) is 30.3 Å². The highest BCUT2D eigenvalue weighted by Gasteiger charge is 2.22. The summed E-state index contributed by atoms with van der Waals surface area (Å²) in [5.74, 6) is 2.29. The maximum absolute atomic E-state index is 12.5. The van der Waals surface area contributed by atoms with Gasteiger partial charge in [0.05, 0.1) is 0 Å². The first-order valence-electron chi connectivity index (χ1n) is 9.40. The second-order valence-electron chi connectivity index (χ2n) is 6.50. The molecule has 0 saturated carbocycles. The molecule has 2 amide bonds. The van der Waals surface area contributed by atoms with Crippen molar-refractivity contribution in [3.8, 4) is 5.75 Å². The molecule has 0 atom stereocenters. The van der Waals surface area contributed by atoms with Gasteiger partial charge in [0.1, 0.15) is 23.2 Å². The van der Waals surface area contributed by atoms with E-state index in [1.807, 2.05) is 19.9 Å². The minimum atomic E-state index is -2.91. The lowest BCUT2D eigenvalue weighted by molar-refractivity contribution is -0.0497. The van der Waals surface area contributed by atoms with Gasteiger partial charge in [0.25, 0.3) is 0 Å². The zero-order chi connectivity index (χ0) is 20.8. The molecule has 1 fully saturated rings. The van der Waals surface area contributed by atoms with Crippen LogP contribution in [-0.4, -0.2) is 60.2 Å². The van der Waals surface area contributed by atoms with Gasteiger partial charge in [0.2, 0.25) is 0 Å². The SMILES string of the molecule is CCNc1cc(N2CCN(C(=O)Nc3cccc(OC(F)F)c3)CC2)nc(C)n1. The van der Waals surface area contributed by atoms with Gasteiger partial charge in [0, 0.05) is 50.5 Å². The normalized spacial score (nSPS) is 14.1. The summed E-state index contributed by atoms with van der Waals surface area (Å²) in [4.78, 5) is 25.1. The molecule has 2 heterocycles. The van der Waals surface area contributed by atoms with E-state index in [1.165, 1.54) is 12.1 Å². The van der Waals surface area contributed by atoms with Crippen LogP contribution in [0, 0.1) is 6.92 Å². The largest absolute Gasteiger partial charge is 0.435 e. The van der Waals surface area contributed by atoms with E-state index in [1.54, 1.807) is 17.0 Å². The number of nitrogens with one attached hydrogen (secondary N) is 2. The van der Waals surface area contributed by atoms with E-state index in [2.05, 4.69) is 30.2 Å². The number of hydrogen-bond acceptors (Lipinski definition) is 6. The lowest BCUT2D eigenvalue weighted by Gasteiger charge is -2.35. The summed E-state index contributed by atoms with van der Waals surface area (Å²) in [6, 6.07) is 7.56. The van der Waals surface area contributed by atoms with Crippen molar-refractivity contribution in [1.29, 1.82) is 0 Å². The molecule has 1 saturated heterocycles. The number of ether oxygens (including phenoxy) is 1. The number of amides is 2. The molecule has 0 bridgehead atoms. The van der Waals surface area contributed by atoms with Crippen molar-refractivity contribution in [2.45, 2.75) is 20.5 Å². The van der Waals surface area contributed by atoms with Crippen molar-refractivity contribution in [2.75, 3.05) is 48.3 Å². The van der Waals surface area contributed by atoms with Crippen LogP contribution >= 0.6 is 0 Å². The van der Waals surface area contributed by atoms with Crippen molar-refractivity contribution in [3.05, 3.63) is 36.2 Å². The Bertz CT molecular complexity index is 843. The smallest absolute Gasteiger partial charge is 0.387 e. The van der Waals surface area contributed by atoms with Crippen molar-refractivity contribution in [3.63, 3.8) is 0 Å². The Labute approximate surface area is 167 Å². The molecular weight excluding hydrogens is 382 g/mol. The van der Waals surface area contributed by atoms with Crippen LogP contribution in [0.1, 0.15) is 12.7 Å². The first-order valence-corrected chi connectivity index (χ1v) is 9.40. The molecule has 0 spiro atoms. The van der Waals surface area contributed by atoms with Gasteiger partial charge in [-0.2, -0.15) is 8.78 Å². The Kier molecular flexibility index (Phi) is 6.63. The number of aryl methyl sites for hydroxylation is 1. The van der Waals surface area contributed by atoms with Gasteiger partial charge < -0.3 is 25.2 Å². The lowest BCUT2D eigenvalue weighted by Crippen LogP contribution is -2.50. The fourth-order valence-corrected chi connectivity index (χ4v) is 3.08. The molecule has 0 unspecified atom stereocenters. The van der Waals surface area contributed by atoms with Crippen molar-refractivity contribution >= 4 is 23.4 Å². The zero-order valence-electron chi connectivity index (χ0n) is 16.4. The molecule has 0 aliphatic carbocycles. The van der Waals surface area contributed by atoms with E-state index in [9.17, 15) is 13.6 Å². The van der Waals surface area contributed by atoms with Crippen LogP contribution in [0.2, 0.25) is 0 Å². The summed E-state index contributed by atoms with van der Waals surface area (Å²) in [6.45, 7) is 4.00. The zero-order valence-corrected chi connectivity index (χ0v) is 16.4. The van der Waals surface area contributed by atoms with E-state index >= 15 is 0 Å². The number of halogens is 2. The van der Waals surface area contributed by atoms with E-state index in [-0.39, 0.29) is 11.8 Å². The fourth-order valence-electron chi connectivity index (χ4n) is 3.08. The summed E-state index contributed by atoms with van der Waals surface area (Å²) in [5, 5.41) is 5.91. The maximum atomic E-state index is 12.5. The number of carbonyl (C=O) groups is 1. The van der Waals surface area contributed by atoms with Crippen LogP contribution in [-0.2, 0) is 0 Å². The van der Waals surface area contributed by atoms with E-state index in [0.717, 1.165) is 18.2 Å². The van der Waals surface area contributed by atoms with Gasteiger partial charge in [-0.3, -0.25) is 0 Å². The van der Waals surface area contributed by atoms with Crippen LogP contribution < -0.4 is 20.3 Å². The summed E-state index contributed by atoms with van der Waals surface area (Å²) in [6.07, 6.45) is 0. The van der Waals surface area contributed by atoms with Crippen LogP contribution in [0.5, 0.6) is 5.75 Å². The molecule has 2 aromatic rings. The number of alkyl halides is 2. The van der Waals surface area contributed by atoms with Gasteiger partial charge in [0.15, 0.2) is 0 Å². The quantitative estimate of drug-likeness (QED) is 0.767. The summed E-state index contributed by atoms with van der Waals surface area (Å²) >= 11 is 0. The predicted octanol–water partition coefficient (Wildman–Crippen LogP) is 3.17. The number of piperazine rings is 1.